The first-order chi connectivity index (χ1) is 7.31. The molecule has 2 aliphatic rings. The molecule has 0 aromatic heterocycles. The molecule has 0 unspecified atom stereocenters. The van der Waals surface area contributed by atoms with Crippen molar-refractivity contribution in [2.24, 2.45) is 11.8 Å². The minimum Gasteiger partial charge on any atom is -0.381 e. The third-order valence-corrected chi connectivity index (χ3v) is 3.41. The van der Waals surface area contributed by atoms with Gasteiger partial charge in [-0.3, -0.25) is 4.79 Å². The molecule has 0 aromatic rings. The first-order valence-corrected chi connectivity index (χ1v) is 5.87. The Kier molecular flexibility index (Phi) is 5.52. The maximum atomic E-state index is 11.8. The van der Waals surface area contributed by atoms with E-state index < -0.39 is 0 Å². The van der Waals surface area contributed by atoms with Gasteiger partial charge in [0.25, 0.3) is 0 Å². The van der Waals surface area contributed by atoms with Crippen LogP contribution in [0.25, 0.3) is 0 Å². The first kappa shape index (κ1) is 13.7. The molecular formula is C11H21ClN2O2. The average Bonchev–Trinajstić information content (AvgIpc) is 2.76. The highest BCUT2D eigenvalue weighted by Crippen LogP contribution is 2.26. The summed E-state index contributed by atoms with van der Waals surface area (Å²) < 4.78 is 5.20. The van der Waals surface area contributed by atoms with Gasteiger partial charge >= 0.3 is 0 Å². The van der Waals surface area contributed by atoms with Gasteiger partial charge in [-0.25, -0.2) is 0 Å². The van der Waals surface area contributed by atoms with Gasteiger partial charge < -0.3 is 15.0 Å². The fourth-order valence-corrected chi connectivity index (χ4v) is 2.52. The third kappa shape index (κ3) is 3.09. The van der Waals surface area contributed by atoms with Crippen LogP contribution in [0, 0.1) is 11.8 Å². The summed E-state index contributed by atoms with van der Waals surface area (Å²) in [6.45, 7) is 7.28. The van der Waals surface area contributed by atoms with E-state index in [1.807, 2.05) is 11.8 Å². The van der Waals surface area contributed by atoms with Crippen LogP contribution in [0.5, 0.6) is 0 Å². The van der Waals surface area contributed by atoms with E-state index >= 15 is 0 Å². The van der Waals surface area contributed by atoms with Gasteiger partial charge in [0, 0.05) is 32.8 Å². The van der Waals surface area contributed by atoms with Crippen molar-refractivity contribution >= 4 is 18.3 Å². The Morgan fingerprint density at radius 3 is 2.56 bits per heavy atom. The second kappa shape index (κ2) is 6.42. The number of nitrogens with one attached hydrogen (secondary N) is 1. The van der Waals surface area contributed by atoms with Gasteiger partial charge in [0.15, 0.2) is 0 Å². The molecule has 2 fully saturated rings. The number of ether oxygens (including phenoxy) is 1. The Morgan fingerprint density at radius 1 is 1.38 bits per heavy atom. The predicted molar refractivity (Wildman–Crippen MR) is 64.8 cm³/mol. The molecule has 5 heteroatoms. The monoisotopic (exact) mass is 248 g/mol. The van der Waals surface area contributed by atoms with Crippen LogP contribution in [-0.2, 0) is 9.53 Å². The Hall–Kier alpha value is -0.320. The van der Waals surface area contributed by atoms with Crippen molar-refractivity contribution in [3.63, 3.8) is 0 Å². The molecule has 4 nitrogen and oxygen atoms in total. The van der Waals surface area contributed by atoms with Crippen LogP contribution in [0.1, 0.15) is 13.3 Å². The number of carbonyl (C=O) groups is 1. The summed E-state index contributed by atoms with van der Waals surface area (Å²) in [6, 6.07) is 0. The van der Waals surface area contributed by atoms with E-state index in [-0.39, 0.29) is 18.3 Å². The highest BCUT2D eigenvalue weighted by atomic mass is 35.5. The van der Waals surface area contributed by atoms with Crippen molar-refractivity contribution in [2.45, 2.75) is 13.3 Å². The van der Waals surface area contributed by atoms with E-state index in [1.54, 1.807) is 0 Å². The smallest absolute Gasteiger partial charge is 0.224 e. The second-order valence-corrected chi connectivity index (χ2v) is 4.42. The molecule has 2 atom stereocenters. The molecule has 0 bridgehead atoms. The number of hydrogen-bond donors (Lipinski definition) is 1. The maximum Gasteiger partial charge on any atom is 0.224 e. The van der Waals surface area contributed by atoms with Gasteiger partial charge in [0.05, 0.1) is 13.0 Å². The van der Waals surface area contributed by atoms with Crippen LogP contribution < -0.4 is 5.32 Å². The van der Waals surface area contributed by atoms with Crippen molar-refractivity contribution in [3.05, 3.63) is 0 Å². The molecule has 1 N–H and O–H groups in total. The van der Waals surface area contributed by atoms with Gasteiger partial charge in [-0.1, -0.05) is 0 Å². The fraction of sp³-hybridized carbons (Fsp3) is 0.909. The standard InChI is InChI=1S/C11H20N2O2.ClH/c1-2-15-4-3-11(14)13-7-9-5-12-6-10(9)8-13;/h9-10,12H,2-8H2,1H3;1H/t9-,10+;. The number of carbonyl (C=O) groups excluding carboxylic acids is 1. The van der Waals surface area contributed by atoms with E-state index in [0.717, 1.165) is 26.2 Å². The second-order valence-electron chi connectivity index (χ2n) is 4.42. The number of rotatable bonds is 4. The summed E-state index contributed by atoms with van der Waals surface area (Å²) in [5.41, 5.74) is 0. The summed E-state index contributed by atoms with van der Waals surface area (Å²) >= 11 is 0. The molecule has 0 saturated carbocycles. The topological polar surface area (TPSA) is 41.6 Å². The predicted octanol–water partition coefficient (Wildman–Crippen LogP) is 0.513. The van der Waals surface area contributed by atoms with E-state index in [2.05, 4.69) is 5.32 Å². The van der Waals surface area contributed by atoms with Crippen LogP contribution in [-0.4, -0.2) is 50.2 Å². The molecule has 2 heterocycles. The molecule has 16 heavy (non-hydrogen) atoms. The van der Waals surface area contributed by atoms with Crippen LogP contribution in [0.2, 0.25) is 0 Å². The maximum absolute atomic E-state index is 11.8. The third-order valence-electron chi connectivity index (χ3n) is 3.41. The number of amides is 1. The van der Waals surface area contributed by atoms with Crippen LogP contribution in [0.15, 0.2) is 0 Å². The summed E-state index contributed by atoms with van der Waals surface area (Å²) in [5.74, 6) is 1.65. The quantitative estimate of drug-likeness (QED) is 0.738. The lowest BCUT2D eigenvalue weighted by molar-refractivity contribution is -0.131. The van der Waals surface area contributed by atoms with Crippen LogP contribution in [0.3, 0.4) is 0 Å². The summed E-state index contributed by atoms with van der Waals surface area (Å²) in [5, 5.41) is 3.37. The van der Waals surface area contributed by atoms with Gasteiger partial charge in [0.1, 0.15) is 0 Å². The van der Waals surface area contributed by atoms with E-state index in [4.69, 9.17) is 4.74 Å². The van der Waals surface area contributed by atoms with Gasteiger partial charge in [-0.2, -0.15) is 0 Å². The van der Waals surface area contributed by atoms with Crippen molar-refractivity contribution in [3.8, 4) is 0 Å². The lowest BCUT2D eigenvalue weighted by atomic mass is 10.0. The average molecular weight is 249 g/mol. The normalized spacial score (nSPS) is 27.7. The largest absolute Gasteiger partial charge is 0.381 e. The van der Waals surface area contributed by atoms with E-state index in [0.29, 0.717) is 31.5 Å². The molecule has 2 saturated heterocycles. The lowest BCUT2D eigenvalue weighted by Crippen LogP contribution is -2.32. The summed E-state index contributed by atoms with van der Waals surface area (Å²) in [7, 11) is 0. The van der Waals surface area contributed by atoms with Crippen LogP contribution >= 0.6 is 12.4 Å². The molecule has 2 rings (SSSR count). The van der Waals surface area contributed by atoms with E-state index in [1.165, 1.54) is 0 Å². The Morgan fingerprint density at radius 2 is 2.00 bits per heavy atom. The van der Waals surface area contributed by atoms with Crippen molar-refractivity contribution in [2.75, 3.05) is 39.4 Å². The lowest BCUT2D eigenvalue weighted by Gasteiger charge is -2.17. The summed E-state index contributed by atoms with van der Waals surface area (Å²) in [4.78, 5) is 13.8. The van der Waals surface area contributed by atoms with Crippen LogP contribution in [0.4, 0.5) is 0 Å². The number of halogens is 1. The molecule has 0 spiro atoms. The molecule has 0 aliphatic carbocycles. The Labute approximate surface area is 103 Å². The Bertz CT molecular complexity index is 226. The number of fused-ring (bicyclic) bond motifs is 1. The first-order valence-electron chi connectivity index (χ1n) is 5.87. The molecule has 94 valence electrons. The highest BCUT2D eigenvalue weighted by molar-refractivity contribution is 5.85. The fourth-order valence-electron chi connectivity index (χ4n) is 2.52. The number of likely N-dealkylation sites (tertiary alicyclic amines) is 1. The SMILES string of the molecule is CCOCCC(=O)N1C[C@H]2CNC[C@H]2C1.Cl. The minimum atomic E-state index is 0. The molecule has 0 radical (unpaired) electrons. The zero-order valence-corrected chi connectivity index (χ0v) is 10.6. The number of nitrogens with zero attached hydrogens (tertiary/aromatic N) is 1. The van der Waals surface area contributed by atoms with Gasteiger partial charge in [-0.05, 0) is 18.8 Å². The zero-order valence-electron chi connectivity index (χ0n) is 9.78. The van der Waals surface area contributed by atoms with Gasteiger partial charge in [-0.15, -0.1) is 12.4 Å². The minimum absolute atomic E-state index is 0. The molecule has 2 aliphatic heterocycles. The molecule has 1 amide bonds. The summed E-state index contributed by atoms with van der Waals surface area (Å²) in [6.07, 6.45) is 0.542. The Balaban J connectivity index is 0.00000128. The van der Waals surface area contributed by atoms with E-state index in [9.17, 15) is 4.79 Å². The highest BCUT2D eigenvalue weighted by Gasteiger charge is 2.37. The zero-order chi connectivity index (χ0) is 10.7. The van der Waals surface area contributed by atoms with Crippen molar-refractivity contribution < 1.29 is 9.53 Å². The van der Waals surface area contributed by atoms with Crippen molar-refractivity contribution in [1.29, 1.82) is 0 Å². The van der Waals surface area contributed by atoms with Gasteiger partial charge in [0.2, 0.25) is 5.91 Å². The molecule has 0 aromatic carbocycles. The number of hydrogen-bond acceptors (Lipinski definition) is 3. The molecular weight excluding hydrogens is 228 g/mol. The van der Waals surface area contributed by atoms with Crippen molar-refractivity contribution in [1.82, 2.24) is 10.2 Å².